The van der Waals surface area contributed by atoms with Crippen LogP contribution in [-0.2, 0) is 0 Å². The van der Waals surface area contributed by atoms with Crippen molar-refractivity contribution >= 4 is 0 Å². The maximum absolute atomic E-state index is 3.85. The molecule has 2 saturated heterocycles. The molecular formula is C12H22N2. The molecule has 14 heavy (non-hydrogen) atoms. The Kier molecular flexibility index (Phi) is 2.29. The minimum absolute atomic E-state index is 0.842. The maximum Gasteiger partial charge on any atom is 0.0111 e. The van der Waals surface area contributed by atoms with Crippen molar-refractivity contribution in [1.82, 2.24) is 10.2 Å². The van der Waals surface area contributed by atoms with Crippen LogP contribution in [0.15, 0.2) is 0 Å². The molecule has 0 aromatic carbocycles. The van der Waals surface area contributed by atoms with Gasteiger partial charge in [-0.1, -0.05) is 6.42 Å². The number of fused-ring (bicyclic) bond motifs is 2. The van der Waals surface area contributed by atoms with E-state index in [-0.39, 0.29) is 0 Å². The summed E-state index contributed by atoms with van der Waals surface area (Å²) in [5.74, 6) is 0. The SMILES string of the molecule is CN1C2CCC1CC(NC1CCC1)C2. The topological polar surface area (TPSA) is 15.3 Å². The molecule has 1 saturated carbocycles. The van der Waals surface area contributed by atoms with Crippen LogP contribution in [0.25, 0.3) is 0 Å². The summed E-state index contributed by atoms with van der Waals surface area (Å²) in [6.45, 7) is 0. The van der Waals surface area contributed by atoms with Crippen LogP contribution >= 0.6 is 0 Å². The Labute approximate surface area is 87.0 Å². The number of piperidine rings is 1. The van der Waals surface area contributed by atoms with Crippen molar-refractivity contribution in [3.05, 3.63) is 0 Å². The normalized spacial score (nSPS) is 43.9. The Hall–Kier alpha value is -0.0800. The van der Waals surface area contributed by atoms with Gasteiger partial charge in [-0.25, -0.2) is 0 Å². The number of hydrogen-bond acceptors (Lipinski definition) is 2. The second-order valence-corrected chi connectivity index (χ2v) is 5.51. The Morgan fingerprint density at radius 1 is 0.929 bits per heavy atom. The van der Waals surface area contributed by atoms with E-state index in [1.54, 1.807) is 0 Å². The van der Waals surface area contributed by atoms with Crippen LogP contribution in [0.2, 0.25) is 0 Å². The van der Waals surface area contributed by atoms with Gasteiger partial charge in [0.2, 0.25) is 0 Å². The summed E-state index contributed by atoms with van der Waals surface area (Å²) in [6, 6.07) is 3.51. The lowest BCUT2D eigenvalue weighted by Crippen LogP contribution is -2.51. The van der Waals surface area contributed by atoms with E-state index in [9.17, 15) is 0 Å². The number of rotatable bonds is 2. The zero-order valence-corrected chi connectivity index (χ0v) is 9.21. The highest BCUT2D eigenvalue weighted by Gasteiger charge is 2.39. The molecular weight excluding hydrogens is 172 g/mol. The highest BCUT2D eigenvalue weighted by Crippen LogP contribution is 2.35. The summed E-state index contributed by atoms with van der Waals surface area (Å²) in [6.07, 6.45) is 10.0. The molecule has 3 aliphatic rings. The fourth-order valence-corrected chi connectivity index (χ4v) is 3.46. The van der Waals surface area contributed by atoms with Gasteiger partial charge in [-0.2, -0.15) is 0 Å². The van der Waals surface area contributed by atoms with Gasteiger partial charge in [0.25, 0.3) is 0 Å². The molecule has 2 nitrogen and oxygen atoms in total. The van der Waals surface area contributed by atoms with Crippen molar-refractivity contribution in [2.24, 2.45) is 0 Å². The molecule has 1 aliphatic carbocycles. The molecule has 2 heteroatoms. The van der Waals surface area contributed by atoms with Crippen molar-refractivity contribution < 1.29 is 0 Å². The predicted octanol–water partition coefficient (Wildman–Crippen LogP) is 1.75. The van der Waals surface area contributed by atoms with Crippen molar-refractivity contribution in [2.75, 3.05) is 7.05 Å². The van der Waals surface area contributed by atoms with Gasteiger partial charge in [0.15, 0.2) is 0 Å². The van der Waals surface area contributed by atoms with Crippen molar-refractivity contribution in [3.63, 3.8) is 0 Å². The van der Waals surface area contributed by atoms with Gasteiger partial charge in [0, 0.05) is 24.2 Å². The summed E-state index contributed by atoms with van der Waals surface area (Å²) in [5, 5.41) is 3.85. The molecule has 2 bridgehead atoms. The number of nitrogens with one attached hydrogen (secondary N) is 1. The Morgan fingerprint density at radius 3 is 2.07 bits per heavy atom. The van der Waals surface area contributed by atoms with E-state index in [0.29, 0.717) is 0 Å². The minimum atomic E-state index is 0.842. The second-order valence-electron chi connectivity index (χ2n) is 5.51. The second kappa shape index (κ2) is 3.49. The van der Waals surface area contributed by atoms with Gasteiger partial charge in [0.05, 0.1) is 0 Å². The molecule has 0 aromatic rings. The Morgan fingerprint density at radius 2 is 1.57 bits per heavy atom. The van der Waals surface area contributed by atoms with Gasteiger partial charge >= 0.3 is 0 Å². The van der Waals surface area contributed by atoms with Crippen LogP contribution in [0.4, 0.5) is 0 Å². The molecule has 3 fully saturated rings. The summed E-state index contributed by atoms with van der Waals surface area (Å²) >= 11 is 0. The average molecular weight is 194 g/mol. The van der Waals surface area contributed by atoms with E-state index in [1.807, 2.05) is 0 Å². The molecule has 0 aromatic heterocycles. The van der Waals surface area contributed by atoms with Gasteiger partial charge < -0.3 is 10.2 Å². The minimum Gasteiger partial charge on any atom is -0.311 e. The molecule has 0 amide bonds. The van der Waals surface area contributed by atoms with Gasteiger partial charge in [-0.3, -0.25) is 0 Å². The largest absolute Gasteiger partial charge is 0.311 e. The zero-order chi connectivity index (χ0) is 9.54. The summed E-state index contributed by atoms with van der Waals surface area (Å²) in [5.41, 5.74) is 0. The molecule has 80 valence electrons. The van der Waals surface area contributed by atoms with Gasteiger partial charge in [-0.15, -0.1) is 0 Å². The Balaban J connectivity index is 1.57. The first kappa shape index (κ1) is 9.17. The third kappa shape index (κ3) is 1.49. The van der Waals surface area contributed by atoms with Crippen LogP contribution in [0.1, 0.15) is 44.9 Å². The molecule has 2 atom stereocenters. The van der Waals surface area contributed by atoms with Crippen LogP contribution < -0.4 is 5.32 Å². The molecule has 0 radical (unpaired) electrons. The first-order valence-electron chi connectivity index (χ1n) is 6.31. The summed E-state index contributed by atoms with van der Waals surface area (Å²) in [7, 11) is 2.32. The standard InChI is InChI=1S/C12H22N2/c1-14-11-5-6-12(14)8-10(7-11)13-9-3-2-4-9/h9-13H,2-8H2,1H3. The third-order valence-corrected chi connectivity index (χ3v) is 4.67. The predicted molar refractivity (Wildman–Crippen MR) is 58.4 cm³/mol. The van der Waals surface area contributed by atoms with E-state index >= 15 is 0 Å². The van der Waals surface area contributed by atoms with Crippen molar-refractivity contribution in [2.45, 2.75) is 69.1 Å². The molecule has 3 rings (SSSR count). The molecule has 2 unspecified atom stereocenters. The number of hydrogen-bond donors (Lipinski definition) is 1. The fourth-order valence-electron chi connectivity index (χ4n) is 3.46. The quantitative estimate of drug-likeness (QED) is 0.720. The number of nitrogens with zero attached hydrogens (tertiary/aromatic N) is 1. The smallest absolute Gasteiger partial charge is 0.0111 e. The molecule has 1 N–H and O–H groups in total. The first-order valence-corrected chi connectivity index (χ1v) is 6.31. The maximum atomic E-state index is 3.85. The lowest BCUT2D eigenvalue weighted by molar-refractivity contribution is 0.134. The lowest BCUT2D eigenvalue weighted by Gasteiger charge is -2.40. The van der Waals surface area contributed by atoms with Crippen LogP contribution in [0, 0.1) is 0 Å². The highest BCUT2D eigenvalue weighted by atomic mass is 15.2. The monoisotopic (exact) mass is 194 g/mol. The van der Waals surface area contributed by atoms with Crippen LogP contribution in [0.3, 0.4) is 0 Å². The molecule has 2 heterocycles. The van der Waals surface area contributed by atoms with E-state index in [2.05, 4.69) is 17.3 Å². The fraction of sp³-hybridized carbons (Fsp3) is 1.00. The average Bonchev–Trinajstić information content (AvgIpc) is 2.38. The van der Waals surface area contributed by atoms with Gasteiger partial charge in [-0.05, 0) is 45.6 Å². The molecule has 2 aliphatic heterocycles. The molecule has 0 spiro atoms. The van der Waals surface area contributed by atoms with Crippen LogP contribution in [-0.4, -0.2) is 36.1 Å². The first-order chi connectivity index (χ1) is 6.83. The summed E-state index contributed by atoms with van der Waals surface area (Å²) in [4.78, 5) is 2.62. The zero-order valence-electron chi connectivity index (χ0n) is 9.21. The van der Waals surface area contributed by atoms with E-state index in [1.165, 1.54) is 44.9 Å². The third-order valence-electron chi connectivity index (χ3n) is 4.67. The van der Waals surface area contributed by atoms with E-state index < -0.39 is 0 Å². The van der Waals surface area contributed by atoms with E-state index in [0.717, 1.165) is 24.2 Å². The van der Waals surface area contributed by atoms with E-state index in [4.69, 9.17) is 0 Å². The van der Waals surface area contributed by atoms with Crippen molar-refractivity contribution in [3.8, 4) is 0 Å². The van der Waals surface area contributed by atoms with Crippen LogP contribution in [0.5, 0.6) is 0 Å². The van der Waals surface area contributed by atoms with Gasteiger partial charge in [0.1, 0.15) is 0 Å². The van der Waals surface area contributed by atoms with Crippen molar-refractivity contribution in [1.29, 1.82) is 0 Å². The lowest BCUT2D eigenvalue weighted by atomic mass is 9.90. The summed E-state index contributed by atoms with van der Waals surface area (Å²) < 4.78 is 0. The highest BCUT2D eigenvalue weighted by molar-refractivity contribution is 4.97. The Bertz CT molecular complexity index is 198.